The maximum Gasteiger partial charge on any atom is 0.233 e. The van der Waals surface area contributed by atoms with Gasteiger partial charge in [0.1, 0.15) is 5.75 Å². The van der Waals surface area contributed by atoms with Gasteiger partial charge in [-0.3, -0.25) is 4.79 Å². The van der Waals surface area contributed by atoms with Gasteiger partial charge in [0, 0.05) is 19.2 Å². The Labute approximate surface area is 125 Å². The first-order valence-corrected chi connectivity index (χ1v) is 7.50. The average molecular weight is 290 g/mol. The molecule has 0 aromatic heterocycles. The number of hydrogen-bond acceptors (Lipinski definition) is 4. The number of anilines is 1. The predicted molar refractivity (Wildman–Crippen MR) is 80.7 cm³/mol. The second kappa shape index (κ2) is 6.03. The molecule has 0 radical (unpaired) electrons. The molecule has 0 unspecified atom stereocenters. The Bertz CT molecular complexity index is 519. The molecular weight excluding hydrogens is 268 g/mol. The zero-order valence-corrected chi connectivity index (χ0v) is 12.4. The van der Waals surface area contributed by atoms with E-state index in [1.54, 1.807) is 7.11 Å². The van der Waals surface area contributed by atoms with Gasteiger partial charge in [0.05, 0.1) is 18.6 Å². The summed E-state index contributed by atoms with van der Waals surface area (Å²) >= 11 is 0. The fourth-order valence-electron chi connectivity index (χ4n) is 3.15. The molecule has 5 nitrogen and oxygen atoms in total. The topological polar surface area (TPSA) is 59.6 Å². The number of rotatable bonds is 4. The van der Waals surface area contributed by atoms with E-state index in [0.29, 0.717) is 6.61 Å². The van der Waals surface area contributed by atoms with E-state index in [-0.39, 0.29) is 5.91 Å². The van der Waals surface area contributed by atoms with Crippen LogP contribution in [-0.2, 0) is 16.0 Å². The Kier molecular flexibility index (Phi) is 4.12. The molecule has 3 rings (SSSR count). The van der Waals surface area contributed by atoms with Gasteiger partial charge in [0.15, 0.2) is 0 Å². The first kappa shape index (κ1) is 14.4. The summed E-state index contributed by atoms with van der Waals surface area (Å²) in [6, 6.07) is 5.86. The van der Waals surface area contributed by atoms with Crippen LogP contribution < -0.4 is 15.4 Å². The van der Waals surface area contributed by atoms with Crippen LogP contribution in [0.15, 0.2) is 18.2 Å². The highest BCUT2D eigenvalue weighted by molar-refractivity contribution is 5.95. The lowest BCUT2D eigenvalue weighted by Crippen LogP contribution is -2.47. The molecule has 0 aliphatic carbocycles. The number of piperidine rings is 1. The zero-order valence-electron chi connectivity index (χ0n) is 12.4. The molecule has 114 valence electrons. The van der Waals surface area contributed by atoms with Crippen molar-refractivity contribution in [1.82, 2.24) is 5.32 Å². The number of ether oxygens (including phenoxy) is 2. The third-order valence-corrected chi connectivity index (χ3v) is 4.41. The number of benzene rings is 1. The minimum atomic E-state index is -0.421. The molecule has 5 heteroatoms. The first-order chi connectivity index (χ1) is 10.2. The van der Waals surface area contributed by atoms with E-state index in [9.17, 15) is 4.79 Å². The van der Waals surface area contributed by atoms with E-state index >= 15 is 0 Å². The van der Waals surface area contributed by atoms with Crippen LogP contribution in [0.4, 0.5) is 5.69 Å². The summed E-state index contributed by atoms with van der Waals surface area (Å²) in [5.74, 6) is 0.992. The van der Waals surface area contributed by atoms with Crippen molar-refractivity contribution in [2.24, 2.45) is 5.41 Å². The first-order valence-electron chi connectivity index (χ1n) is 7.50. The minimum Gasteiger partial charge on any atom is -0.493 e. The van der Waals surface area contributed by atoms with Crippen molar-refractivity contribution in [3.05, 3.63) is 23.8 Å². The van der Waals surface area contributed by atoms with Gasteiger partial charge in [-0.05, 0) is 49.7 Å². The van der Waals surface area contributed by atoms with Gasteiger partial charge in [-0.2, -0.15) is 0 Å². The SMILES string of the molecule is COCC1(C(=O)Nc2ccc3c(c2)CCO3)CCNCC1. The quantitative estimate of drug-likeness (QED) is 0.884. The molecule has 1 fully saturated rings. The lowest BCUT2D eigenvalue weighted by atomic mass is 9.78. The van der Waals surface area contributed by atoms with Crippen molar-refractivity contribution in [2.45, 2.75) is 19.3 Å². The van der Waals surface area contributed by atoms with Crippen LogP contribution >= 0.6 is 0 Å². The normalized spacial score (nSPS) is 19.7. The highest BCUT2D eigenvalue weighted by Gasteiger charge is 2.39. The number of carbonyl (C=O) groups excluding carboxylic acids is 1. The molecule has 0 saturated carbocycles. The van der Waals surface area contributed by atoms with Gasteiger partial charge >= 0.3 is 0 Å². The monoisotopic (exact) mass is 290 g/mol. The van der Waals surface area contributed by atoms with Gasteiger partial charge in [-0.1, -0.05) is 0 Å². The molecule has 2 heterocycles. The van der Waals surface area contributed by atoms with Crippen LogP contribution in [0.5, 0.6) is 5.75 Å². The fraction of sp³-hybridized carbons (Fsp3) is 0.562. The fourth-order valence-corrected chi connectivity index (χ4v) is 3.15. The van der Waals surface area contributed by atoms with Gasteiger partial charge < -0.3 is 20.1 Å². The van der Waals surface area contributed by atoms with Crippen LogP contribution in [0.1, 0.15) is 18.4 Å². The van der Waals surface area contributed by atoms with Gasteiger partial charge in [-0.25, -0.2) is 0 Å². The summed E-state index contributed by atoms with van der Waals surface area (Å²) in [5.41, 5.74) is 1.59. The van der Waals surface area contributed by atoms with Crippen LogP contribution in [0.2, 0.25) is 0 Å². The molecule has 2 aliphatic heterocycles. The van der Waals surface area contributed by atoms with Crippen LogP contribution in [-0.4, -0.2) is 39.3 Å². The van der Waals surface area contributed by atoms with Crippen LogP contribution in [0, 0.1) is 5.41 Å². The second-order valence-corrected chi connectivity index (χ2v) is 5.84. The molecule has 1 aromatic carbocycles. The van der Waals surface area contributed by atoms with Crippen molar-refractivity contribution >= 4 is 11.6 Å². The number of fused-ring (bicyclic) bond motifs is 1. The third-order valence-electron chi connectivity index (χ3n) is 4.41. The largest absolute Gasteiger partial charge is 0.493 e. The van der Waals surface area contributed by atoms with Crippen LogP contribution in [0.25, 0.3) is 0 Å². The summed E-state index contributed by atoms with van der Waals surface area (Å²) in [6.45, 7) is 2.91. The number of amides is 1. The lowest BCUT2D eigenvalue weighted by molar-refractivity contribution is -0.130. The molecule has 0 bridgehead atoms. The zero-order chi connectivity index (χ0) is 14.7. The summed E-state index contributed by atoms with van der Waals surface area (Å²) < 4.78 is 10.8. The van der Waals surface area contributed by atoms with Crippen molar-refractivity contribution < 1.29 is 14.3 Å². The third kappa shape index (κ3) is 2.89. The van der Waals surface area contributed by atoms with Crippen molar-refractivity contribution in [1.29, 1.82) is 0 Å². The predicted octanol–water partition coefficient (Wildman–Crippen LogP) is 1.58. The van der Waals surface area contributed by atoms with E-state index < -0.39 is 5.41 Å². The van der Waals surface area contributed by atoms with Crippen molar-refractivity contribution in [3.63, 3.8) is 0 Å². The average Bonchev–Trinajstić information content (AvgIpc) is 2.96. The summed E-state index contributed by atoms with van der Waals surface area (Å²) in [7, 11) is 1.66. The Morgan fingerprint density at radius 3 is 3.00 bits per heavy atom. The maximum absolute atomic E-state index is 12.7. The molecule has 2 aliphatic rings. The molecule has 0 spiro atoms. The smallest absolute Gasteiger partial charge is 0.233 e. The Morgan fingerprint density at radius 1 is 1.43 bits per heavy atom. The van der Waals surface area contributed by atoms with Gasteiger partial charge in [0.2, 0.25) is 5.91 Å². The highest BCUT2D eigenvalue weighted by atomic mass is 16.5. The molecule has 21 heavy (non-hydrogen) atoms. The van der Waals surface area contributed by atoms with Crippen molar-refractivity contribution in [2.75, 3.05) is 38.7 Å². The number of carbonyl (C=O) groups is 1. The van der Waals surface area contributed by atoms with E-state index in [2.05, 4.69) is 10.6 Å². The Morgan fingerprint density at radius 2 is 2.24 bits per heavy atom. The van der Waals surface area contributed by atoms with E-state index in [4.69, 9.17) is 9.47 Å². The summed E-state index contributed by atoms with van der Waals surface area (Å²) in [4.78, 5) is 12.7. The van der Waals surface area contributed by atoms with Gasteiger partial charge in [-0.15, -0.1) is 0 Å². The molecule has 0 atom stereocenters. The number of nitrogens with one attached hydrogen (secondary N) is 2. The Balaban J connectivity index is 1.74. The number of methoxy groups -OCH3 is 1. The molecule has 1 saturated heterocycles. The molecule has 2 N–H and O–H groups in total. The molecule has 1 aromatic rings. The van der Waals surface area contributed by atoms with Crippen LogP contribution in [0.3, 0.4) is 0 Å². The standard InChI is InChI=1S/C16H22N2O3/c1-20-11-16(5-7-17-8-6-16)15(19)18-13-2-3-14-12(10-13)4-9-21-14/h2-3,10,17H,4-9,11H2,1H3,(H,18,19). The molecule has 1 amide bonds. The van der Waals surface area contributed by atoms with E-state index in [1.165, 1.54) is 5.56 Å². The Hall–Kier alpha value is -1.59. The van der Waals surface area contributed by atoms with Crippen molar-refractivity contribution in [3.8, 4) is 5.75 Å². The summed E-state index contributed by atoms with van der Waals surface area (Å²) in [6.07, 6.45) is 2.52. The lowest BCUT2D eigenvalue weighted by Gasteiger charge is -2.35. The minimum absolute atomic E-state index is 0.0599. The van der Waals surface area contributed by atoms with E-state index in [1.807, 2.05) is 18.2 Å². The summed E-state index contributed by atoms with van der Waals surface area (Å²) in [5, 5.41) is 6.36. The van der Waals surface area contributed by atoms with Gasteiger partial charge in [0.25, 0.3) is 0 Å². The van der Waals surface area contributed by atoms with E-state index in [0.717, 1.165) is 50.4 Å². The number of hydrogen-bond donors (Lipinski definition) is 2. The highest BCUT2D eigenvalue weighted by Crippen LogP contribution is 2.32. The molecular formula is C16H22N2O3. The maximum atomic E-state index is 12.7. The second-order valence-electron chi connectivity index (χ2n) is 5.84.